The largest absolute Gasteiger partial charge is 0.480 e. The first-order valence-corrected chi connectivity index (χ1v) is 6.06. The molecule has 0 radical (unpaired) electrons. The van der Waals surface area contributed by atoms with Crippen molar-refractivity contribution in [2.45, 2.75) is 32.2 Å². The van der Waals surface area contributed by atoms with E-state index in [1.54, 1.807) is 25.3 Å². The number of nitrogens with zero attached hydrogens (tertiary/aromatic N) is 2. The summed E-state index contributed by atoms with van der Waals surface area (Å²) in [4.78, 5) is 29.0. The van der Waals surface area contributed by atoms with Crippen molar-refractivity contribution in [3.8, 4) is 0 Å². The van der Waals surface area contributed by atoms with E-state index in [-0.39, 0.29) is 5.91 Å². The maximum atomic E-state index is 12.3. The number of aromatic nitrogens is 1. The molecule has 1 amide bonds. The van der Waals surface area contributed by atoms with Crippen LogP contribution in [0, 0.1) is 6.92 Å². The number of carboxylic acids is 1. The molecule has 0 spiro atoms. The first-order chi connectivity index (χ1) is 8.61. The summed E-state index contributed by atoms with van der Waals surface area (Å²) in [6, 6.07) is 2.85. The van der Waals surface area contributed by atoms with Crippen LogP contribution in [0.15, 0.2) is 18.3 Å². The molecule has 2 rings (SSSR count). The predicted molar refractivity (Wildman–Crippen MR) is 65.3 cm³/mol. The van der Waals surface area contributed by atoms with Crippen molar-refractivity contribution in [2.24, 2.45) is 0 Å². The Morgan fingerprint density at radius 2 is 2.22 bits per heavy atom. The molecule has 96 valence electrons. The average Bonchev–Trinajstić information content (AvgIpc) is 2.38. The highest BCUT2D eigenvalue weighted by atomic mass is 16.4. The normalized spacial score (nSPS) is 19.6. The van der Waals surface area contributed by atoms with E-state index >= 15 is 0 Å². The van der Waals surface area contributed by atoms with Crippen molar-refractivity contribution < 1.29 is 14.7 Å². The highest BCUT2D eigenvalue weighted by molar-refractivity contribution is 5.96. The third-order valence-corrected chi connectivity index (χ3v) is 3.26. The van der Waals surface area contributed by atoms with E-state index in [0.717, 1.165) is 18.4 Å². The minimum Gasteiger partial charge on any atom is -0.480 e. The fourth-order valence-electron chi connectivity index (χ4n) is 2.28. The van der Waals surface area contributed by atoms with Crippen LogP contribution in [0.3, 0.4) is 0 Å². The Kier molecular flexibility index (Phi) is 3.60. The monoisotopic (exact) mass is 248 g/mol. The van der Waals surface area contributed by atoms with E-state index in [0.29, 0.717) is 18.7 Å². The topological polar surface area (TPSA) is 70.5 Å². The van der Waals surface area contributed by atoms with Gasteiger partial charge in [-0.2, -0.15) is 0 Å². The Balaban J connectivity index is 2.27. The average molecular weight is 248 g/mol. The van der Waals surface area contributed by atoms with Crippen molar-refractivity contribution >= 4 is 11.9 Å². The maximum absolute atomic E-state index is 12.3. The summed E-state index contributed by atoms with van der Waals surface area (Å²) in [5.41, 5.74) is 1.13. The number of hydrogen-bond donors (Lipinski definition) is 1. The van der Waals surface area contributed by atoms with Crippen molar-refractivity contribution in [3.05, 3.63) is 29.6 Å². The molecule has 5 nitrogen and oxygen atoms in total. The number of carboxylic acid groups (broad SMARTS) is 1. The number of piperidine rings is 1. The number of pyridine rings is 1. The zero-order valence-electron chi connectivity index (χ0n) is 10.3. The molecular weight excluding hydrogens is 232 g/mol. The number of aliphatic carboxylic acids is 1. The smallest absolute Gasteiger partial charge is 0.326 e. The lowest BCUT2D eigenvalue weighted by atomic mass is 10.0. The molecule has 1 aromatic heterocycles. The lowest BCUT2D eigenvalue weighted by molar-refractivity contribution is -0.143. The SMILES string of the molecule is Cc1cccnc1C(=O)N1CCCC[C@@H]1C(=O)O. The standard InChI is InChI=1S/C13H16N2O3/c1-9-5-4-7-14-11(9)12(16)15-8-3-2-6-10(15)13(17)18/h4-5,7,10H,2-3,6,8H2,1H3,(H,17,18)/t10-/m1/s1. The molecule has 1 aliphatic heterocycles. The van der Waals surface area contributed by atoms with Gasteiger partial charge in [0.25, 0.3) is 5.91 Å². The minimum absolute atomic E-state index is 0.278. The molecule has 5 heteroatoms. The van der Waals surface area contributed by atoms with Crippen molar-refractivity contribution in [1.29, 1.82) is 0 Å². The van der Waals surface area contributed by atoms with Gasteiger partial charge in [0.2, 0.25) is 0 Å². The Labute approximate surface area is 105 Å². The van der Waals surface area contributed by atoms with Gasteiger partial charge in [0.1, 0.15) is 11.7 Å². The van der Waals surface area contributed by atoms with Crippen LogP contribution >= 0.6 is 0 Å². The van der Waals surface area contributed by atoms with Crippen LogP contribution in [0.4, 0.5) is 0 Å². The lowest BCUT2D eigenvalue weighted by Gasteiger charge is -2.32. The summed E-state index contributed by atoms with van der Waals surface area (Å²) in [7, 11) is 0. The van der Waals surface area contributed by atoms with Gasteiger partial charge in [-0.15, -0.1) is 0 Å². The quantitative estimate of drug-likeness (QED) is 0.860. The number of rotatable bonds is 2. The number of likely N-dealkylation sites (tertiary alicyclic amines) is 1. The number of amides is 1. The van der Waals surface area contributed by atoms with Crippen LogP contribution < -0.4 is 0 Å². The minimum atomic E-state index is -0.934. The van der Waals surface area contributed by atoms with Gasteiger partial charge in [-0.3, -0.25) is 9.78 Å². The van der Waals surface area contributed by atoms with Gasteiger partial charge in [0.15, 0.2) is 0 Å². The molecule has 1 aliphatic rings. The van der Waals surface area contributed by atoms with Crippen molar-refractivity contribution in [2.75, 3.05) is 6.54 Å². The molecule has 1 saturated heterocycles. The van der Waals surface area contributed by atoms with Crippen LogP contribution in [0.2, 0.25) is 0 Å². The predicted octanol–water partition coefficient (Wildman–Crippen LogP) is 1.47. The van der Waals surface area contributed by atoms with E-state index in [4.69, 9.17) is 5.11 Å². The number of aryl methyl sites for hydroxylation is 1. The molecule has 1 fully saturated rings. The van der Waals surface area contributed by atoms with Crippen LogP contribution in [0.25, 0.3) is 0 Å². The van der Waals surface area contributed by atoms with E-state index in [2.05, 4.69) is 4.98 Å². The van der Waals surface area contributed by atoms with Gasteiger partial charge in [-0.05, 0) is 37.8 Å². The first kappa shape index (κ1) is 12.5. The van der Waals surface area contributed by atoms with E-state index < -0.39 is 12.0 Å². The Hall–Kier alpha value is -1.91. The van der Waals surface area contributed by atoms with E-state index in [9.17, 15) is 9.59 Å². The van der Waals surface area contributed by atoms with Crippen LogP contribution in [0.1, 0.15) is 35.3 Å². The second kappa shape index (κ2) is 5.16. The zero-order valence-corrected chi connectivity index (χ0v) is 10.3. The Morgan fingerprint density at radius 3 is 2.89 bits per heavy atom. The van der Waals surface area contributed by atoms with Crippen molar-refractivity contribution in [1.82, 2.24) is 9.88 Å². The Morgan fingerprint density at radius 1 is 1.44 bits per heavy atom. The molecule has 1 atom stereocenters. The van der Waals surface area contributed by atoms with Gasteiger partial charge < -0.3 is 10.0 Å². The highest BCUT2D eigenvalue weighted by Crippen LogP contribution is 2.20. The van der Waals surface area contributed by atoms with E-state index in [1.165, 1.54) is 4.90 Å². The summed E-state index contributed by atoms with van der Waals surface area (Å²) in [5, 5.41) is 9.16. The van der Waals surface area contributed by atoms with Gasteiger partial charge in [0.05, 0.1) is 0 Å². The molecule has 0 saturated carbocycles. The lowest BCUT2D eigenvalue weighted by Crippen LogP contribution is -2.48. The molecule has 0 aromatic carbocycles. The molecule has 2 heterocycles. The summed E-state index contributed by atoms with van der Waals surface area (Å²) in [5.74, 6) is -1.21. The third kappa shape index (κ3) is 2.34. The van der Waals surface area contributed by atoms with Crippen LogP contribution in [-0.2, 0) is 4.79 Å². The molecular formula is C13H16N2O3. The summed E-state index contributed by atoms with van der Waals surface area (Å²) in [6.07, 6.45) is 3.77. The van der Waals surface area contributed by atoms with Gasteiger partial charge in [-0.1, -0.05) is 6.07 Å². The molecule has 0 aliphatic carbocycles. The van der Waals surface area contributed by atoms with Gasteiger partial charge in [0, 0.05) is 12.7 Å². The van der Waals surface area contributed by atoms with Crippen LogP contribution in [0.5, 0.6) is 0 Å². The number of carbonyl (C=O) groups is 2. The summed E-state index contributed by atoms with van der Waals surface area (Å²) in [6.45, 7) is 2.30. The molecule has 1 aromatic rings. The van der Waals surface area contributed by atoms with Crippen molar-refractivity contribution in [3.63, 3.8) is 0 Å². The van der Waals surface area contributed by atoms with Gasteiger partial charge >= 0.3 is 5.97 Å². The van der Waals surface area contributed by atoms with Gasteiger partial charge in [-0.25, -0.2) is 4.79 Å². The second-order valence-corrected chi connectivity index (χ2v) is 4.52. The first-order valence-electron chi connectivity index (χ1n) is 6.06. The highest BCUT2D eigenvalue weighted by Gasteiger charge is 2.33. The number of carbonyl (C=O) groups excluding carboxylic acids is 1. The fraction of sp³-hybridized carbons (Fsp3) is 0.462. The van der Waals surface area contributed by atoms with Crippen LogP contribution in [-0.4, -0.2) is 39.5 Å². The molecule has 18 heavy (non-hydrogen) atoms. The summed E-state index contributed by atoms with van der Waals surface area (Å²) < 4.78 is 0. The molecule has 0 bridgehead atoms. The van der Waals surface area contributed by atoms with E-state index in [1.807, 2.05) is 0 Å². The third-order valence-electron chi connectivity index (χ3n) is 3.26. The maximum Gasteiger partial charge on any atom is 0.326 e. The molecule has 0 unspecified atom stereocenters. The number of hydrogen-bond acceptors (Lipinski definition) is 3. The Bertz CT molecular complexity index is 473. The summed E-state index contributed by atoms with van der Waals surface area (Å²) >= 11 is 0. The zero-order chi connectivity index (χ0) is 13.1. The molecule has 1 N–H and O–H groups in total. The fourth-order valence-corrected chi connectivity index (χ4v) is 2.28. The second-order valence-electron chi connectivity index (χ2n) is 4.52.